The third-order valence-electron chi connectivity index (χ3n) is 4.00. The smallest absolute Gasteiger partial charge is 0.246 e. The van der Waals surface area contributed by atoms with Gasteiger partial charge < -0.3 is 24.1 Å². The first-order valence-electron chi connectivity index (χ1n) is 8.78. The summed E-state index contributed by atoms with van der Waals surface area (Å²) in [7, 11) is 1.61. The Balaban J connectivity index is 1.55. The maximum absolute atomic E-state index is 12.4. The molecule has 150 valence electrons. The predicted molar refractivity (Wildman–Crippen MR) is 104 cm³/mol. The molecule has 3 rings (SSSR count). The molecule has 3 heterocycles. The number of rotatable bonds is 8. The lowest BCUT2D eigenvalue weighted by atomic mass is 10.2. The van der Waals surface area contributed by atoms with Gasteiger partial charge in [0.15, 0.2) is 5.16 Å². The van der Waals surface area contributed by atoms with Gasteiger partial charge in [-0.1, -0.05) is 11.8 Å². The van der Waals surface area contributed by atoms with E-state index < -0.39 is 0 Å². The van der Waals surface area contributed by atoms with E-state index in [0.717, 1.165) is 11.4 Å². The molecule has 2 aromatic heterocycles. The summed E-state index contributed by atoms with van der Waals surface area (Å²) in [5.74, 6) is 0.398. The van der Waals surface area contributed by atoms with Crippen LogP contribution in [-0.2, 0) is 20.9 Å². The zero-order chi connectivity index (χ0) is 19.8. The van der Waals surface area contributed by atoms with Gasteiger partial charge in [-0.3, -0.25) is 4.79 Å². The Morgan fingerprint density at radius 2 is 2.39 bits per heavy atom. The highest BCUT2D eigenvalue weighted by Crippen LogP contribution is 2.17. The van der Waals surface area contributed by atoms with Crippen LogP contribution in [0.15, 0.2) is 29.8 Å². The molecule has 1 N–H and O–H groups in total. The van der Waals surface area contributed by atoms with Gasteiger partial charge in [0.1, 0.15) is 12.7 Å². The van der Waals surface area contributed by atoms with Gasteiger partial charge in [-0.15, -0.1) is 0 Å². The van der Waals surface area contributed by atoms with Crippen molar-refractivity contribution in [3.63, 3.8) is 0 Å². The molecule has 28 heavy (non-hydrogen) atoms. The fourth-order valence-corrected chi connectivity index (χ4v) is 3.05. The summed E-state index contributed by atoms with van der Waals surface area (Å²) in [5, 5.41) is 0.620. The van der Waals surface area contributed by atoms with Crippen molar-refractivity contribution in [2.45, 2.75) is 17.9 Å². The van der Waals surface area contributed by atoms with Crippen LogP contribution in [0.5, 0.6) is 5.88 Å². The van der Waals surface area contributed by atoms with Crippen LogP contribution in [0.2, 0.25) is 0 Å². The number of ether oxygens (including phenoxy) is 3. The van der Waals surface area contributed by atoms with Crippen LogP contribution >= 0.6 is 11.8 Å². The van der Waals surface area contributed by atoms with Gasteiger partial charge in [0, 0.05) is 25.8 Å². The zero-order valence-electron chi connectivity index (χ0n) is 15.8. The predicted octanol–water partition coefficient (Wildman–Crippen LogP) is 1.39. The molecule has 0 aliphatic carbocycles. The summed E-state index contributed by atoms with van der Waals surface area (Å²) in [6.45, 7) is 2.15. The number of imidazole rings is 1. The van der Waals surface area contributed by atoms with E-state index in [-0.39, 0.29) is 12.0 Å². The lowest BCUT2D eigenvalue weighted by Crippen LogP contribution is -2.47. The van der Waals surface area contributed by atoms with E-state index in [4.69, 9.17) is 14.2 Å². The molecule has 1 fully saturated rings. The van der Waals surface area contributed by atoms with E-state index in [1.165, 1.54) is 17.8 Å². The third-order valence-corrected chi connectivity index (χ3v) is 4.55. The maximum atomic E-state index is 12.4. The average molecular weight is 405 g/mol. The van der Waals surface area contributed by atoms with E-state index in [0.29, 0.717) is 43.9 Å². The number of nitrogens with one attached hydrogen (secondary N) is 1. The van der Waals surface area contributed by atoms with Crippen molar-refractivity contribution >= 4 is 23.7 Å². The van der Waals surface area contributed by atoms with Crippen LogP contribution in [0.4, 0.5) is 0 Å². The number of amides is 1. The number of morpholine rings is 1. The molecule has 9 nitrogen and oxygen atoms in total. The molecule has 1 aliphatic rings. The van der Waals surface area contributed by atoms with Gasteiger partial charge in [-0.05, 0) is 12.3 Å². The lowest BCUT2D eigenvalue weighted by Gasteiger charge is -2.32. The van der Waals surface area contributed by atoms with Crippen molar-refractivity contribution in [2.75, 3.05) is 39.7 Å². The summed E-state index contributed by atoms with van der Waals surface area (Å²) < 4.78 is 16.7. The largest absolute Gasteiger partial charge is 0.475 e. The van der Waals surface area contributed by atoms with Crippen LogP contribution in [0.3, 0.4) is 0 Å². The number of aromatic nitrogens is 4. The minimum Gasteiger partial charge on any atom is -0.475 e. The number of thioether (sulfide) groups is 1. The number of carbonyl (C=O) groups excluding carboxylic acids is 1. The van der Waals surface area contributed by atoms with Crippen LogP contribution in [0.25, 0.3) is 6.08 Å². The Bertz CT molecular complexity index is 799. The van der Waals surface area contributed by atoms with Crippen molar-refractivity contribution in [3.05, 3.63) is 36.1 Å². The summed E-state index contributed by atoms with van der Waals surface area (Å²) in [6, 6.07) is 1.75. The molecule has 1 atom stereocenters. The van der Waals surface area contributed by atoms with Crippen LogP contribution in [-0.4, -0.2) is 76.5 Å². The third kappa shape index (κ3) is 5.78. The van der Waals surface area contributed by atoms with E-state index in [1.54, 1.807) is 36.7 Å². The van der Waals surface area contributed by atoms with Crippen LogP contribution in [0.1, 0.15) is 11.4 Å². The van der Waals surface area contributed by atoms with Crippen molar-refractivity contribution in [1.29, 1.82) is 0 Å². The second-order valence-corrected chi connectivity index (χ2v) is 6.82. The number of aromatic amines is 1. The molecule has 1 unspecified atom stereocenters. The minimum absolute atomic E-state index is 0.0722. The van der Waals surface area contributed by atoms with Crippen LogP contribution in [0, 0.1) is 0 Å². The van der Waals surface area contributed by atoms with E-state index in [2.05, 4.69) is 19.9 Å². The van der Waals surface area contributed by atoms with Crippen LogP contribution < -0.4 is 4.74 Å². The number of hydrogen-bond acceptors (Lipinski definition) is 8. The first kappa shape index (κ1) is 20.3. The highest BCUT2D eigenvalue weighted by Gasteiger charge is 2.24. The SMILES string of the molecule is COCc1cc(OCC2CN(C(=O)C=Cc3cnc[nH]3)CCO2)nc(SC)n1. The number of H-pyrrole nitrogens is 1. The molecule has 0 bridgehead atoms. The average Bonchev–Trinajstić information content (AvgIpc) is 3.24. The fourth-order valence-electron chi connectivity index (χ4n) is 2.66. The summed E-state index contributed by atoms with van der Waals surface area (Å²) in [6.07, 6.45) is 8.14. The van der Waals surface area contributed by atoms with Gasteiger partial charge in [-0.25, -0.2) is 9.97 Å². The van der Waals surface area contributed by atoms with Gasteiger partial charge in [0.2, 0.25) is 11.8 Å². The Hall–Kier alpha value is -2.43. The summed E-state index contributed by atoms with van der Waals surface area (Å²) in [4.78, 5) is 29.7. The molecule has 1 aliphatic heterocycles. The van der Waals surface area contributed by atoms with Gasteiger partial charge in [0.25, 0.3) is 0 Å². The highest BCUT2D eigenvalue weighted by atomic mass is 32.2. The normalized spacial score (nSPS) is 17.2. The molecule has 0 saturated carbocycles. The lowest BCUT2D eigenvalue weighted by molar-refractivity contribution is -0.134. The zero-order valence-corrected chi connectivity index (χ0v) is 16.6. The summed E-state index contributed by atoms with van der Waals surface area (Å²) >= 11 is 1.44. The second-order valence-electron chi connectivity index (χ2n) is 6.05. The molecule has 1 saturated heterocycles. The summed E-state index contributed by atoms with van der Waals surface area (Å²) in [5.41, 5.74) is 1.53. The van der Waals surface area contributed by atoms with Crippen molar-refractivity contribution in [2.24, 2.45) is 0 Å². The molecule has 0 spiro atoms. The quantitative estimate of drug-likeness (QED) is 0.399. The first-order valence-corrected chi connectivity index (χ1v) is 10.0. The molecule has 1 amide bonds. The minimum atomic E-state index is -0.225. The van der Waals surface area contributed by atoms with Gasteiger partial charge in [0.05, 0.1) is 43.7 Å². The number of hydrogen-bond donors (Lipinski definition) is 1. The monoisotopic (exact) mass is 405 g/mol. The molecule has 10 heteroatoms. The molecular formula is C18H23N5O4S. The number of carbonyl (C=O) groups is 1. The first-order chi connectivity index (χ1) is 13.7. The van der Waals surface area contributed by atoms with E-state index in [9.17, 15) is 4.79 Å². The van der Waals surface area contributed by atoms with Crippen molar-refractivity contribution < 1.29 is 19.0 Å². The maximum Gasteiger partial charge on any atom is 0.246 e. The van der Waals surface area contributed by atoms with Gasteiger partial charge >= 0.3 is 0 Å². The topological polar surface area (TPSA) is 102 Å². The standard InChI is InChI=1S/C18H23N5O4S/c1-25-10-14-7-16(22-18(21-14)28-2)27-11-15-9-23(5-6-26-15)17(24)4-3-13-8-19-12-20-13/h3-4,7-8,12,15H,5-6,9-11H2,1-2H3,(H,19,20). The Kier molecular flexibility index (Phi) is 7.40. The molecule has 0 aromatic carbocycles. The van der Waals surface area contributed by atoms with E-state index >= 15 is 0 Å². The Labute approximate surface area is 167 Å². The van der Waals surface area contributed by atoms with Gasteiger partial charge in [-0.2, -0.15) is 4.98 Å². The Morgan fingerprint density at radius 3 is 3.14 bits per heavy atom. The highest BCUT2D eigenvalue weighted by molar-refractivity contribution is 7.98. The molecule has 2 aromatic rings. The van der Waals surface area contributed by atoms with E-state index in [1.807, 2.05) is 6.26 Å². The van der Waals surface area contributed by atoms with Crippen molar-refractivity contribution in [3.8, 4) is 5.88 Å². The Morgan fingerprint density at radius 1 is 1.50 bits per heavy atom. The second kappa shape index (κ2) is 10.2. The van der Waals surface area contributed by atoms with Crippen molar-refractivity contribution in [1.82, 2.24) is 24.8 Å². The molecule has 0 radical (unpaired) electrons. The fraction of sp³-hybridized carbons (Fsp3) is 0.444. The number of methoxy groups -OCH3 is 1. The molecular weight excluding hydrogens is 382 g/mol. The number of nitrogens with zero attached hydrogens (tertiary/aromatic N) is 4.